The van der Waals surface area contributed by atoms with Gasteiger partial charge < -0.3 is 19.1 Å². The van der Waals surface area contributed by atoms with Crippen molar-refractivity contribution in [3.05, 3.63) is 59.4 Å². The second-order valence-electron chi connectivity index (χ2n) is 7.99. The molecule has 6 heteroatoms. The van der Waals surface area contributed by atoms with Crippen molar-refractivity contribution >= 4 is 11.6 Å². The fraction of sp³-hybridized carbons (Fsp3) is 0.458. The zero-order valence-electron chi connectivity index (χ0n) is 18.1. The molecule has 0 aliphatic carbocycles. The lowest BCUT2D eigenvalue weighted by atomic mass is 9.86. The molecule has 30 heavy (non-hydrogen) atoms. The van der Waals surface area contributed by atoms with Crippen molar-refractivity contribution in [1.82, 2.24) is 0 Å². The first-order chi connectivity index (χ1) is 14.3. The van der Waals surface area contributed by atoms with Crippen LogP contribution in [-0.4, -0.2) is 33.3 Å². The van der Waals surface area contributed by atoms with Gasteiger partial charge in [-0.1, -0.05) is 26.0 Å². The van der Waals surface area contributed by atoms with E-state index in [1.165, 1.54) is 12.1 Å². The monoisotopic (exact) mass is 415 g/mol. The van der Waals surface area contributed by atoms with E-state index in [1.807, 2.05) is 44.2 Å². The van der Waals surface area contributed by atoms with Gasteiger partial charge in [-0.05, 0) is 35.4 Å². The molecule has 1 saturated heterocycles. The quantitative estimate of drug-likeness (QED) is 0.659. The lowest BCUT2D eigenvalue weighted by molar-refractivity contribution is -0.121. The largest absolute Gasteiger partial charge is 0.489 e. The topological polar surface area (TPSA) is 48.0 Å². The third kappa shape index (κ3) is 4.99. The van der Waals surface area contributed by atoms with Gasteiger partial charge in [0.25, 0.3) is 0 Å². The van der Waals surface area contributed by atoms with E-state index >= 15 is 0 Å². The maximum absolute atomic E-state index is 14.3. The average molecular weight is 416 g/mol. The van der Waals surface area contributed by atoms with Crippen molar-refractivity contribution in [2.75, 3.05) is 32.3 Å². The van der Waals surface area contributed by atoms with Gasteiger partial charge in [0.1, 0.15) is 18.2 Å². The van der Waals surface area contributed by atoms with Gasteiger partial charge in [-0.3, -0.25) is 4.79 Å². The predicted molar refractivity (Wildman–Crippen MR) is 114 cm³/mol. The Morgan fingerprint density at radius 1 is 1.17 bits per heavy atom. The van der Waals surface area contributed by atoms with E-state index in [9.17, 15) is 9.18 Å². The fourth-order valence-corrected chi connectivity index (χ4v) is 3.72. The highest BCUT2D eigenvalue weighted by atomic mass is 19.1. The molecule has 0 N–H and O–H groups in total. The third-order valence-corrected chi connectivity index (χ3v) is 5.64. The molecule has 3 rings (SSSR count). The third-order valence-electron chi connectivity index (χ3n) is 5.64. The number of halogens is 1. The standard InChI is InChI=1S/C24H30FNO4/c1-17(2)23(27)26(3)21-7-5-18(6-8-21)16-30-22-14-19(13-20(25)15-22)24(28-4)9-11-29-12-10-24/h5-8,13-15,17H,9-12,16H2,1-4H3. The molecule has 0 aromatic heterocycles. The molecule has 0 unspecified atom stereocenters. The number of benzene rings is 2. The molecule has 0 spiro atoms. The highest BCUT2D eigenvalue weighted by Crippen LogP contribution is 2.37. The van der Waals surface area contributed by atoms with Gasteiger partial charge in [0.05, 0.1) is 5.60 Å². The molecule has 0 saturated carbocycles. The minimum absolute atomic E-state index is 0.0616. The van der Waals surface area contributed by atoms with Crippen LogP contribution in [-0.2, 0) is 26.5 Å². The van der Waals surface area contributed by atoms with Crippen molar-refractivity contribution in [2.24, 2.45) is 5.92 Å². The molecule has 0 radical (unpaired) electrons. The van der Waals surface area contributed by atoms with Gasteiger partial charge in [-0.15, -0.1) is 0 Å². The first kappa shape index (κ1) is 22.2. The molecular weight excluding hydrogens is 385 g/mol. The lowest BCUT2D eigenvalue weighted by Gasteiger charge is -2.36. The van der Waals surface area contributed by atoms with Gasteiger partial charge in [0, 0.05) is 57.9 Å². The zero-order chi connectivity index (χ0) is 21.7. The number of hydrogen-bond donors (Lipinski definition) is 0. The number of hydrogen-bond acceptors (Lipinski definition) is 4. The molecule has 1 heterocycles. The van der Waals surface area contributed by atoms with Crippen LogP contribution in [0.3, 0.4) is 0 Å². The van der Waals surface area contributed by atoms with Crippen LogP contribution in [0.25, 0.3) is 0 Å². The minimum atomic E-state index is -0.548. The van der Waals surface area contributed by atoms with Crippen LogP contribution >= 0.6 is 0 Å². The first-order valence-electron chi connectivity index (χ1n) is 10.3. The Morgan fingerprint density at radius 2 is 1.83 bits per heavy atom. The summed E-state index contributed by atoms with van der Waals surface area (Å²) in [6.45, 7) is 5.22. The van der Waals surface area contributed by atoms with E-state index in [1.54, 1.807) is 19.1 Å². The summed E-state index contributed by atoms with van der Waals surface area (Å²) in [4.78, 5) is 13.8. The maximum atomic E-state index is 14.3. The molecule has 2 aromatic carbocycles. The number of anilines is 1. The summed E-state index contributed by atoms with van der Waals surface area (Å²) in [6, 6.07) is 12.3. The molecule has 0 bridgehead atoms. The predicted octanol–water partition coefficient (Wildman–Crippen LogP) is 4.68. The number of amides is 1. The Morgan fingerprint density at radius 3 is 2.43 bits per heavy atom. The van der Waals surface area contributed by atoms with Gasteiger partial charge >= 0.3 is 0 Å². The van der Waals surface area contributed by atoms with Crippen LogP contribution in [0.4, 0.5) is 10.1 Å². The molecule has 162 valence electrons. The lowest BCUT2D eigenvalue weighted by Crippen LogP contribution is -2.35. The van der Waals surface area contributed by atoms with Crippen molar-refractivity contribution in [3.63, 3.8) is 0 Å². The minimum Gasteiger partial charge on any atom is -0.489 e. The smallest absolute Gasteiger partial charge is 0.229 e. The summed E-state index contributed by atoms with van der Waals surface area (Å²) in [5, 5.41) is 0. The summed E-state index contributed by atoms with van der Waals surface area (Å²) in [6.07, 6.45) is 1.35. The van der Waals surface area contributed by atoms with E-state index < -0.39 is 5.60 Å². The van der Waals surface area contributed by atoms with Crippen molar-refractivity contribution in [3.8, 4) is 5.75 Å². The summed E-state index contributed by atoms with van der Waals surface area (Å²) in [5.41, 5.74) is 1.98. The molecule has 0 atom stereocenters. The Labute approximate surface area is 177 Å². The number of carbonyl (C=O) groups excluding carboxylic acids is 1. The normalized spacial score (nSPS) is 15.8. The number of rotatable bonds is 7. The van der Waals surface area contributed by atoms with Crippen LogP contribution in [0.15, 0.2) is 42.5 Å². The van der Waals surface area contributed by atoms with Crippen LogP contribution in [0.1, 0.15) is 37.8 Å². The summed E-state index contributed by atoms with van der Waals surface area (Å²) in [5.74, 6) is 0.108. The molecule has 1 amide bonds. The molecule has 1 fully saturated rings. The summed E-state index contributed by atoms with van der Waals surface area (Å²) >= 11 is 0. The molecule has 5 nitrogen and oxygen atoms in total. The van der Waals surface area contributed by atoms with Gasteiger partial charge in [-0.2, -0.15) is 0 Å². The zero-order valence-corrected chi connectivity index (χ0v) is 18.1. The van der Waals surface area contributed by atoms with E-state index in [0.717, 1.165) is 16.8 Å². The van der Waals surface area contributed by atoms with E-state index in [-0.39, 0.29) is 17.6 Å². The number of ether oxygens (including phenoxy) is 3. The second kappa shape index (κ2) is 9.58. The van der Waals surface area contributed by atoms with Crippen LogP contribution in [0, 0.1) is 11.7 Å². The molecule has 1 aliphatic rings. The Bertz CT molecular complexity index is 860. The number of carbonyl (C=O) groups is 1. The SMILES string of the molecule is COC1(c2cc(F)cc(OCc3ccc(N(C)C(=O)C(C)C)cc3)c2)CCOCC1. The molecular formula is C24H30FNO4. The highest BCUT2D eigenvalue weighted by Gasteiger charge is 2.35. The van der Waals surface area contributed by atoms with Gasteiger partial charge in [-0.25, -0.2) is 4.39 Å². The van der Waals surface area contributed by atoms with Crippen molar-refractivity contribution in [1.29, 1.82) is 0 Å². The Hall–Kier alpha value is -2.44. The maximum Gasteiger partial charge on any atom is 0.229 e. The summed E-state index contributed by atoms with van der Waals surface area (Å²) in [7, 11) is 3.42. The van der Waals surface area contributed by atoms with Crippen molar-refractivity contribution < 1.29 is 23.4 Å². The van der Waals surface area contributed by atoms with E-state index in [0.29, 0.717) is 38.4 Å². The number of methoxy groups -OCH3 is 1. The average Bonchev–Trinajstić information content (AvgIpc) is 2.77. The summed E-state index contributed by atoms with van der Waals surface area (Å²) < 4.78 is 31.4. The fourth-order valence-electron chi connectivity index (χ4n) is 3.72. The molecule has 2 aromatic rings. The Kier molecular flexibility index (Phi) is 7.10. The van der Waals surface area contributed by atoms with Crippen molar-refractivity contribution in [2.45, 2.75) is 38.9 Å². The van der Waals surface area contributed by atoms with Crippen LogP contribution < -0.4 is 9.64 Å². The highest BCUT2D eigenvalue weighted by molar-refractivity contribution is 5.94. The van der Waals surface area contributed by atoms with Gasteiger partial charge in [0.2, 0.25) is 5.91 Å². The van der Waals surface area contributed by atoms with Crippen LogP contribution in [0.5, 0.6) is 5.75 Å². The van der Waals surface area contributed by atoms with E-state index in [4.69, 9.17) is 14.2 Å². The second-order valence-corrected chi connectivity index (χ2v) is 7.99. The van der Waals surface area contributed by atoms with E-state index in [2.05, 4.69) is 0 Å². The Balaban J connectivity index is 1.70. The number of nitrogens with zero attached hydrogens (tertiary/aromatic N) is 1. The van der Waals surface area contributed by atoms with Crippen LogP contribution in [0.2, 0.25) is 0 Å². The first-order valence-corrected chi connectivity index (χ1v) is 10.3. The molecule has 1 aliphatic heterocycles. The van der Waals surface area contributed by atoms with Gasteiger partial charge in [0.15, 0.2) is 0 Å².